The number of carboxylic acids is 1. The molecule has 1 fully saturated rings. The van der Waals surface area contributed by atoms with E-state index in [1.165, 1.54) is 6.42 Å². The third-order valence-corrected chi connectivity index (χ3v) is 3.91. The van der Waals surface area contributed by atoms with E-state index in [1.54, 1.807) is 0 Å². The van der Waals surface area contributed by atoms with Crippen LogP contribution >= 0.6 is 0 Å². The smallest absolute Gasteiger partial charge is 0.321 e. The highest BCUT2D eigenvalue weighted by molar-refractivity contribution is 5.81. The van der Waals surface area contributed by atoms with E-state index >= 15 is 0 Å². The standard InChI is InChI=1S/C17H23NO4/c19-16(22-14-9-5-2-6-10-14)11-15(17(20)21)18-12-13-7-3-1-4-8-13/h1,3-4,7-8,14-15,18H,2,5-6,9-12H2,(H,20,21)/t15-/m0/s1. The van der Waals surface area contributed by atoms with Gasteiger partial charge in [0.25, 0.3) is 0 Å². The Hall–Kier alpha value is -1.88. The number of hydrogen-bond acceptors (Lipinski definition) is 4. The summed E-state index contributed by atoms with van der Waals surface area (Å²) >= 11 is 0. The van der Waals surface area contributed by atoms with Gasteiger partial charge >= 0.3 is 11.9 Å². The number of hydrogen-bond donors (Lipinski definition) is 2. The molecule has 0 aromatic heterocycles. The Kier molecular flexibility index (Phi) is 6.40. The second kappa shape index (κ2) is 8.54. The first-order valence-corrected chi connectivity index (χ1v) is 7.85. The zero-order valence-electron chi connectivity index (χ0n) is 12.7. The van der Waals surface area contributed by atoms with Gasteiger partial charge in [0.15, 0.2) is 0 Å². The van der Waals surface area contributed by atoms with Gasteiger partial charge < -0.3 is 9.84 Å². The number of aliphatic carboxylic acids is 1. The minimum Gasteiger partial charge on any atom is -0.480 e. The Morgan fingerprint density at radius 2 is 1.86 bits per heavy atom. The number of esters is 1. The van der Waals surface area contributed by atoms with E-state index in [4.69, 9.17) is 4.74 Å². The number of nitrogens with one attached hydrogen (secondary N) is 1. The van der Waals surface area contributed by atoms with Crippen LogP contribution in [-0.2, 0) is 20.9 Å². The Morgan fingerprint density at radius 1 is 1.18 bits per heavy atom. The first kappa shape index (κ1) is 16.5. The van der Waals surface area contributed by atoms with Crippen molar-refractivity contribution in [3.63, 3.8) is 0 Å². The van der Waals surface area contributed by atoms with E-state index < -0.39 is 18.0 Å². The van der Waals surface area contributed by atoms with Gasteiger partial charge in [-0.05, 0) is 31.2 Å². The molecule has 0 unspecified atom stereocenters. The monoisotopic (exact) mass is 305 g/mol. The SMILES string of the molecule is O=C(C[C@H](NCc1ccccc1)C(=O)O)OC1CCCCC1. The predicted octanol–water partition coefficient (Wildman–Crippen LogP) is 2.50. The van der Waals surface area contributed by atoms with Gasteiger partial charge in [-0.1, -0.05) is 36.8 Å². The topological polar surface area (TPSA) is 75.6 Å². The molecule has 120 valence electrons. The summed E-state index contributed by atoms with van der Waals surface area (Å²) in [4.78, 5) is 23.2. The average molecular weight is 305 g/mol. The van der Waals surface area contributed by atoms with Crippen LogP contribution in [0.15, 0.2) is 30.3 Å². The molecule has 5 heteroatoms. The molecule has 0 spiro atoms. The molecule has 5 nitrogen and oxygen atoms in total. The molecule has 1 aromatic carbocycles. The molecule has 0 saturated heterocycles. The van der Waals surface area contributed by atoms with Crippen LogP contribution in [0.25, 0.3) is 0 Å². The van der Waals surface area contributed by atoms with Crippen molar-refractivity contribution < 1.29 is 19.4 Å². The lowest BCUT2D eigenvalue weighted by Crippen LogP contribution is -2.39. The number of ether oxygens (including phenoxy) is 1. The fourth-order valence-corrected chi connectivity index (χ4v) is 2.67. The van der Waals surface area contributed by atoms with Gasteiger partial charge in [-0.25, -0.2) is 0 Å². The summed E-state index contributed by atoms with van der Waals surface area (Å²) in [5.41, 5.74) is 0.981. The van der Waals surface area contributed by atoms with Crippen LogP contribution < -0.4 is 5.32 Å². The van der Waals surface area contributed by atoms with E-state index in [0.717, 1.165) is 31.2 Å². The number of carbonyl (C=O) groups is 2. The van der Waals surface area contributed by atoms with E-state index in [9.17, 15) is 14.7 Å². The fraction of sp³-hybridized carbons (Fsp3) is 0.529. The van der Waals surface area contributed by atoms with Crippen molar-refractivity contribution in [3.8, 4) is 0 Å². The van der Waals surface area contributed by atoms with Gasteiger partial charge in [0.05, 0.1) is 6.42 Å². The minimum absolute atomic E-state index is 0.0372. The molecule has 2 N–H and O–H groups in total. The molecule has 1 aliphatic rings. The van der Waals surface area contributed by atoms with Gasteiger partial charge in [-0.2, -0.15) is 0 Å². The van der Waals surface area contributed by atoms with Crippen LogP contribution in [0, 0.1) is 0 Å². The molecular formula is C17H23NO4. The molecule has 0 bridgehead atoms. The molecule has 0 aliphatic heterocycles. The summed E-state index contributed by atoms with van der Waals surface area (Å²) < 4.78 is 5.38. The maximum Gasteiger partial charge on any atom is 0.321 e. The Morgan fingerprint density at radius 3 is 2.50 bits per heavy atom. The predicted molar refractivity (Wildman–Crippen MR) is 82.3 cm³/mol. The second-order valence-electron chi connectivity index (χ2n) is 5.71. The fourth-order valence-electron chi connectivity index (χ4n) is 2.67. The number of rotatable bonds is 7. The zero-order chi connectivity index (χ0) is 15.8. The second-order valence-corrected chi connectivity index (χ2v) is 5.71. The van der Waals surface area contributed by atoms with Crippen LogP contribution in [0.1, 0.15) is 44.1 Å². The van der Waals surface area contributed by atoms with Crippen molar-refractivity contribution >= 4 is 11.9 Å². The van der Waals surface area contributed by atoms with Crippen molar-refractivity contribution in [2.45, 2.75) is 57.2 Å². The molecule has 22 heavy (non-hydrogen) atoms. The van der Waals surface area contributed by atoms with E-state index in [0.29, 0.717) is 6.54 Å². The molecule has 1 saturated carbocycles. The maximum absolute atomic E-state index is 11.9. The highest BCUT2D eigenvalue weighted by atomic mass is 16.5. The zero-order valence-corrected chi connectivity index (χ0v) is 12.7. The maximum atomic E-state index is 11.9. The van der Waals surface area contributed by atoms with Gasteiger partial charge in [0.1, 0.15) is 12.1 Å². The van der Waals surface area contributed by atoms with Crippen molar-refractivity contribution in [1.82, 2.24) is 5.32 Å². The number of carbonyl (C=O) groups excluding carboxylic acids is 1. The van der Waals surface area contributed by atoms with Crippen LogP contribution in [0.3, 0.4) is 0 Å². The third-order valence-electron chi connectivity index (χ3n) is 3.91. The molecule has 0 amide bonds. The number of benzene rings is 1. The van der Waals surface area contributed by atoms with Crippen LogP contribution in [0.4, 0.5) is 0 Å². The summed E-state index contributed by atoms with van der Waals surface area (Å²) in [7, 11) is 0. The van der Waals surface area contributed by atoms with E-state index in [2.05, 4.69) is 5.32 Å². The normalized spacial score (nSPS) is 16.9. The summed E-state index contributed by atoms with van der Waals surface area (Å²) in [6, 6.07) is 8.59. The highest BCUT2D eigenvalue weighted by Crippen LogP contribution is 2.20. The molecule has 1 aromatic rings. The largest absolute Gasteiger partial charge is 0.480 e. The molecule has 2 rings (SSSR count). The molecule has 0 radical (unpaired) electrons. The van der Waals surface area contributed by atoms with Crippen LogP contribution in [0.5, 0.6) is 0 Å². The summed E-state index contributed by atoms with van der Waals surface area (Å²) in [5.74, 6) is -1.46. The van der Waals surface area contributed by atoms with Crippen molar-refractivity contribution in [2.24, 2.45) is 0 Å². The lowest BCUT2D eigenvalue weighted by molar-refractivity contribution is -0.154. The van der Waals surface area contributed by atoms with Gasteiger partial charge in [-0.3, -0.25) is 14.9 Å². The molecular weight excluding hydrogens is 282 g/mol. The Labute approximate surface area is 130 Å². The molecule has 0 heterocycles. The van der Waals surface area contributed by atoms with Gasteiger partial charge in [-0.15, -0.1) is 0 Å². The average Bonchev–Trinajstić information content (AvgIpc) is 2.53. The van der Waals surface area contributed by atoms with Gasteiger partial charge in [0.2, 0.25) is 0 Å². The third kappa shape index (κ3) is 5.48. The summed E-state index contributed by atoms with van der Waals surface area (Å²) in [6.45, 7) is 0.411. The molecule has 1 atom stereocenters. The Bertz CT molecular complexity index is 483. The quantitative estimate of drug-likeness (QED) is 0.757. The van der Waals surface area contributed by atoms with Crippen LogP contribution in [0.2, 0.25) is 0 Å². The summed E-state index contributed by atoms with van der Waals surface area (Å²) in [6.07, 6.45) is 4.94. The minimum atomic E-state index is -1.03. The highest BCUT2D eigenvalue weighted by Gasteiger charge is 2.24. The first-order valence-electron chi connectivity index (χ1n) is 7.85. The summed E-state index contributed by atoms with van der Waals surface area (Å²) in [5, 5.41) is 12.1. The molecule has 1 aliphatic carbocycles. The Balaban J connectivity index is 1.80. The van der Waals surface area contributed by atoms with Crippen LogP contribution in [-0.4, -0.2) is 29.2 Å². The van der Waals surface area contributed by atoms with Gasteiger partial charge in [0, 0.05) is 6.54 Å². The van der Waals surface area contributed by atoms with Crippen molar-refractivity contribution in [1.29, 1.82) is 0 Å². The van der Waals surface area contributed by atoms with E-state index in [-0.39, 0.29) is 12.5 Å². The van der Waals surface area contributed by atoms with Crippen molar-refractivity contribution in [2.75, 3.05) is 0 Å². The lowest BCUT2D eigenvalue weighted by atomic mass is 9.98. The van der Waals surface area contributed by atoms with Crippen molar-refractivity contribution in [3.05, 3.63) is 35.9 Å². The number of carboxylic acid groups (broad SMARTS) is 1. The first-order chi connectivity index (χ1) is 10.6. The lowest BCUT2D eigenvalue weighted by Gasteiger charge is -2.22. The van der Waals surface area contributed by atoms with E-state index in [1.807, 2.05) is 30.3 Å².